The summed E-state index contributed by atoms with van der Waals surface area (Å²) in [5.41, 5.74) is 3.87. The first-order valence-corrected chi connectivity index (χ1v) is 11.5. The van der Waals surface area contributed by atoms with Crippen LogP contribution in [0, 0.1) is 5.92 Å². The minimum atomic E-state index is -2.91. The molecule has 0 saturated heterocycles. The zero-order valence-corrected chi connectivity index (χ0v) is 18.5. The number of alkyl halides is 2. The predicted molar refractivity (Wildman–Crippen MR) is 115 cm³/mol. The number of nitrogens with two attached hydrogens (primary N) is 1. The quantitative estimate of drug-likeness (QED) is 0.641. The highest BCUT2D eigenvalue weighted by atomic mass is 32.1. The Hall–Kier alpha value is -2.33. The number of ether oxygens (including phenoxy) is 1. The number of H-pyrrole nitrogens is 2. The Morgan fingerprint density at radius 2 is 2.00 bits per heavy atom. The molecule has 0 bridgehead atoms. The van der Waals surface area contributed by atoms with Crippen molar-refractivity contribution in [3.8, 4) is 0 Å². The molecule has 2 heterocycles. The molecule has 172 valence electrons. The van der Waals surface area contributed by atoms with Gasteiger partial charge in [-0.25, -0.2) is 18.0 Å². The first-order valence-electron chi connectivity index (χ1n) is 10.7. The van der Waals surface area contributed by atoms with Gasteiger partial charge in [0.15, 0.2) is 11.6 Å². The van der Waals surface area contributed by atoms with Crippen LogP contribution in [0.15, 0.2) is 21.5 Å². The van der Waals surface area contributed by atoms with Gasteiger partial charge in [-0.3, -0.25) is 9.78 Å². The molecule has 3 aliphatic carbocycles. The maximum atomic E-state index is 16.4. The zero-order chi connectivity index (χ0) is 23.0. The number of thiophene rings is 1. The number of fused-ring (bicyclic) bond motifs is 2. The van der Waals surface area contributed by atoms with Gasteiger partial charge >= 0.3 is 5.69 Å². The fourth-order valence-electron chi connectivity index (χ4n) is 5.67. The lowest BCUT2D eigenvalue weighted by atomic mass is 9.64. The number of nitrogens with one attached hydrogen (secondary N) is 2. The summed E-state index contributed by atoms with van der Waals surface area (Å²) in [5.74, 6) is -5.53. The van der Waals surface area contributed by atoms with E-state index in [9.17, 15) is 18.4 Å². The van der Waals surface area contributed by atoms with Crippen molar-refractivity contribution in [1.82, 2.24) is 9.97 Å². The second kappa shape index (κ2) is 7.08. The van der Waals surface area contributed by atoms with E-state index in [-0.39, 0.29) is 36.6 Å². The van der Waals surface area contributed by atoms with Gasteiger partial charge < -0.3 is 15.5 Å². The van der Waals surface area contributed by atoms with Crippen LogP contribution in [0.3, 0.4) is 0 Å². The number of rotatable bonds is 4. The van der Waals surface area contributed by atoms with Crippen molar-refractivity contribution in [2.75, 3.05) is 13.7 Å². The second-order valence-electron chi connectivity index (χ2n) is 8.95. The zero-order valence-electron chi connectivity index (χ0n) is 17.7. The van der Waals surface area contributed by atoms with Crippen molar-refractivity contribution in [2.45, 2.75) is 55.8 Å². The lowest BCUT2D eigenvalue weighted by Gasteiger charge is -2.42. The summed E-state index contributed by atoms with van der Waals surface area (Å²) in [6.45, 7) is 1.57. The van der Waals surface area contributed by atoms with E-state index in [2.05, 4.69) is 9.97 Å². The van der Waals surface area contributed by atoms with Gasteiger partial charge in [-0.15, -0.1) is 11.3 Å². The third-order valence-corrected chi connectivity index (χ3v) is 8.72. The number of methoxy groups -OCH3 is 1. The molecule has 1 saturated carbocycles. The molecule has 4 N–H and O–H groups in total. The molecule has 1 fully saturated rings. The van der Waals surface area contributed by atoms with E-state index in [0.717, 1.165) is 17.7 Å². The summed E-state index contributed by atoms with van der Waals surface area (Å²) in [4.78, 5) is 30.8. The molecular formula is C22H24F3N3O3S. The fourth-order valence-corrected chi connectivity index (χ4v) is 7.25. The number of hydrogen-bond donors (Lipinski definition) is 3. The third kappa shape index (κ3) is 2.75. The van der Waals surface area contributed by atoms with Crippen LogP contribution in [0.2, 0.25) is 0 Å². The SMILES string of the molecule is COC1=C(F)C(c2cc3c(s2)CCC(F)(F)C3CN)(C2CC2)C(C)c2[nH]c(=O)[nH]c(=O)c21. The van der Waals surface area contributed by atoms with Crippen LogP contribution < -0.4 is 17.0 Å². The maximum Gasteiger partial charge on any atom is 0.325 e. The number of aromatic nitrogens is 2. The minimum Gasteiger partial charge on any atom is -0.493 e. The molecule has 6 nitrogen and oxygen atoms in total. The summed E-state index contributed by atoms with van der Waals surface area (Å²) in [6.07, 6.45) is 1.41. The van der Waals surface area contributed by atoms with E-state index >= 15 is 4.39 Å². The summed E-state index contributed by atoms with van der Waals surface area (Å²) >= 11 is 1.34. The maximum absolute atomic E-state index is 16.4. The van der Waals surface area contributed by atoms with Crippen LogP contribution in [0.25, 0.3) is 5.76 Å². The standard InChI is InChI=1S/C22H24F3N3O3S/c1-9-16-15(19(29)28-20(30)27-16)17(31-2)18(23)22(9,10-3-4-10)14-7-11-12(8-26)21(24,25)6-5-13(11)32-14/h7,9-10,12H,3-6,8,26H2,1-2H3,(H2,27,28,29,30). The van der Waals surface area contributed by atoms with Crippen molar-refractivity contribution >= 4 is 17.1 Å². The van der Waals surface area contributed by atoms with Gasteiger partial charge in [-0.05, 0) is 36.8 Å². The Morgan fingerprint density at radius 3 is 2.62 bits per heavy atom. The number of aromatic amines is 2. The summed E-state index contributed by atoms with van der Waals surface area (Å²) in [7, 11) is 1.28. The van der Waals surface area contributed by atoms with Gasteiger partial charge in [0.1, 0.15) is 5.56 Å². The van der Waals surface area contributed by atoms with Crippen molar-refractivity contribution in [1.29, 1.82) is 0 Å². The van der Waals surface area contributed by atoms with Crippen molar-refractivity contribution < 1.29 is 17.9 Å². The molecule has 0 amide bonds. The van der Waals surface area contributed by atoms with Crippen LogP contribution in [0.1, 0.15) is 64.6 Å². The molecule has 32 heavy (non-hydrogen) atoms. The first kappa shape index (κ1) is 21.5. The monoisotopic (exact) mass is 467 g/mol. The molecule has 3 aliphatic rings. The van der Waals surface area contributed by atoms with Crippen LogP contribution in [0.5, 0.6) is 0 Å². The molecule has 3 unspecified atom stereocenters. The van der Waals surface area contributed by atoms with E-state index in [1.54, 1.807) is 13.0 Å². The molecule has 5 rings (SSSR count). The number of allylic oxidation sites excluding steroid dienone is 1. The minimum absolute atomic E-state index is 0.0268. The van der Waals surface area contributed by atoms with Crippen molar-refractivity contribution in [3.05, 3.63) is 59.3 Å². The Labute approximate surface area is 185 Å². The molecule has 10 heteroatoms. The largest absolute Gasteiger partial charge is 0.493 e. The van der Waals surface area contributed by atoms with E-state index < -0.39 is 40.2 Å². The van der Waals surface area contributed by atoms with Gasteiger partial charge in [0.2, 0.25) is 0 Å². The number of aryl methyl sites for hydroxylation is 1. The average molecular weight is 468 g/mol. The van der Waals surface area contributed by atoms with E-state index in [0.29, 0.717) is 16.1 Å². The van der Waals surface area contributed by atoms with Crippen LogP contribution in [-0.2, 0) is 16.6 Å². The first-order chi connectivity index (χ1) is 15.2. The summed E-state index contributed by atoms with van der Waals surface area (Å²) in [5, 5.41) is 0. The number of halogens is 3. The van der Waals surface area contributed by atoms with Gasteiger partial charge in [-0.2, -0.15) is 0 Å². The van der Waals surface area contributed by atoms with Crippen LogP contribution in [0.4, 0.5) is 13.2 Å². The fraction of sp³-hybridized carbons (Fsp3) is 0.545. The van der Waals surface area contributed by atoms with Gasteiger partial charge in [0.05, 0.1) is 18.4 Å². The van der Waals surface area contributed by atoms with E-state index in [4.69, 9.17) is 10.5 Å². The Morgan fingerprint density at radius 1 is 1.28 bits per heavy atom. The second-order valence-corrected chi connectivity index (χ2v) is 10.1. The number of hydrogen-bond acceptors (Lipinski definition) is 5. The lowest BCUT2D eigenvalue weighted by Crippen LogP contribution is -2.43. The molecule has 0 aliphatic heterocycles. The Balaban J connectivity index is 1.78. The lowest BCUT2D eigenvalue weighted by molar-refractivity contribution is -0.0381. The molecular weight excluding hydrogens is 443 g/mol. The molecule has 0 spiro atoms. The molecule has 0 radical (unpaired) electrons. The van der Waals surface area contributed by atoms with Gasteiger partial charge in [-0.1, -0.05) is 6.92 Å². The molecule has 2 aromatic heterocycles. The molecule has 0 aromatic carbocycles. The predicted octanol–water partition coefficient (Wildman–Crippen LogP) is 3.50. The summed E-state index contributed by atoms with van der Waals surface area (Å²) in [6, 6.07) is 1.68. The normalized spacial score (nSPS) is 28.9. The Bertz CT molecular complexity index is 1240. The van der Waals surface area contributed by atoms with Gasteiger partial charge in [0, 0.05) is 34.3 Å². The highest BCUT2D eigenvalue weighted by molar-refractivity contribution is 7.12. The van der Waals surface area contributed by atoms with E-state index in [1.807, 2.05) is 0 Å². The highest BCUT2D eigenvalue weighted by Crippen LogP contribution is 2.64. The Kier molecular flexibility index (Phi) is 4.76. The van der Waals surface area contributed by atoms with Crippen molar-refractivity contribution in [2.24, 2.45) is 11.7 Å². The highest BCUT2D eigenvalue weighted by Gasteiger charge is 2.60. The van der Waals surface area contributed by atoms with Crippen molar-refractivity contribution in [3.63, 3.8) is 0 Å². The van der Waals surface area contributed by atoms with Crippen LogP contribution in [-0.4, -0.2) is 29.5 Å². The van der Waals surface area contributed by atoms with Crippen LogP contribution >= 0.6 is 11.3 Å². The smallest absolute Gasteiger partial charge is 0.325 e. The topological polar surface area (TPSA) is 101 Å². The van der Waals surface area contributed by atoms with Gasteiger partial charge in [0.25, 0.3) is 11.5 Å². The molecule has 3 atom stereocenters. The summed E-state index contributed by atoms with van der Waals surface area (Å²) < 4.78 is 50.9. The average Bonchev–Trinajstić information content (AvgIpc) is 3.48. The van der Waals surface area contributed by atoms with E-state index in [1.165, 1.54) is 18.4 Å². The third-order valence-electron chi connectivity index (χ3n) is 7.36. The molecule has 2 aromatic rings.